The van der Waals surface area contributed by atoms with Gasteiger partial charge in [-0.2, -0.15) is 9.97 Å². The third-order valence-corrected chi connectivity index (χ3v) is 6.15. The molecule has 1 aromatic heterocycles. The maximum Gasteiger partial charge on any atom is 0.322 e. The normalized spacial score (nSPS) is 32.5. The molecular formula is C18H26N4O3. The van der Waals surface area contributed by atoms with Crippen LogP contribution < -0.4 is 14.8 Å². The largest absolute Gasteiger partial charge is 0.467 e. The quantitative estimate of drug-likeness (QED) is 0.849. The van der Waals surface area contributed by atoms with E-state index in [0.29, 0.717) is 12.2 Å². The van der Waals surface area contributed by atoms with Crippen LogP contribution in [0.4, 0.5) is 0 Å². The number of ether oxygens (including phenoxy) is 2. The van der Waals surface area contributed by atoms with Crippen LogP contribution in [0.2, 0.25) is 0 Å². The van der Waals surface area contributed by atoms with Crippen molar-refractivity contribution in [2.24, 2.45) is 23.2 Å². The molecular weight excluding hydrogens is 320 g/mol. The first kappa shape index (κ1) is 16.5. The minimum absolute atomic E-state index is 0.0975. The van der Waals surface area contributed by atoms with Gasteiger partial charge in [0.05, 0.1) is 20.8 Å². The van der Waals surface area contributed by atoms with Crippen molar-refractivity contribution >= 4 is 5.91 Å². The molecule has 0 saturated heterocycles. The molecule has 0 aromatic carbocycles. The van der Waals surface area contributed by atoms with Crippen molar-refractivity contribution < 1.29 is 14.3 Å². The van der Waals surface area contributed by atoms with Gasteiger partial charge in [-0.05, 0) is 61.7 Å². The monoisotopic (exact) mass is 346 g/mol. The van der Waals surface area contributed by atoms with Crippen LogP contribution >= 0.6 is 0 Å². The molecule has 5 rings (SSSR count). The van der Waals surface area contributed by atoms with E-state index >= 15 is 0 Å². The lowest BCUT2D eigenvalue weighted by Crippen LogP contribution is -2.48. The maximum absolute atomic E-state index is 12.6. The lowest BCUT2D eigenvalue weighted by Gasteiger charge is -2.56. The fourth-order valence-electron chi connectivity index (χ4n) is 5.73. The first-order valence-electron chi connectivity index (χ1n) is 9.17. The van der Waals surface area contributed by atoms with Crippen molar-refractivity contribution in [1.29, 1.82) is 0 Å². The van der Waals surface area contributed by atoms with Gasteiger partial charge in [0.15, 0.2) is 5.82 Å². The Labute approximate surface area is 147 Å². The van der Waals surface area contributed by atoms with E-state index in [9.17, 15) is 4.79 Å². The molecule has 1 N–H and O–H groups in total. The van der Waals surface area contributed by atoms with Crippen LogP contribution in [0.3, 0.4) is 0 Å². The van der Waals surface area contributed by atoms with Gasteiger partial charge in [0.25, 0.3) is 0 Å². The van der Waals surface area contributed by atoms with Gasteiger partial charge in [-0.25, -0.2) is 0 Å². The van der Waals surface area contributed by atoms with Crippen molar-refractivity contribution in [3.63, 3.8) is 0 Å². The van der Waals surface area contributed by atoms with Crippen LogP contribution in [-0.4, -0.2) is 35.1 Å². The lowest BCUT2D eigenvalue weighted by atomic mass is 9.49. The Morgan fingerprint density at radius 2 is 1.52 bits per heavy atom. The second-order valence-corrected chi connectivity index (χ2v) is 8.10. The summed E-state index contributed by atoms with van der Waals surface area (Å²) in [5.41, 5.74) is 0.243. The van der Waals surface area contributed by atoms with E-state index in [1.807, 2.05) is 0 Å². The number of nitrogens with one attached hydrogen (secondary N) is 1. The SMILES string of the molecule is COc1nc(CNC(=O)CC23CC4CC(CC(C4)C2)C3)nc(OC)n1. The van der Waals surface area contributed by atoms with E-state index in [-0.39, 0.29) is 29.9 Å². The Hall–Kier alpha value is -1.92. The van der Waals surface area contributed by atoms with Gasteiger partial charge in [0.2, 0.25) is 5.91 Å². The summed E-state index contributed by atoms with van der Waals surface area (Å²) in [6, 6.07) is 0.384. The van der Waals surface area contributed by atoms with E-state index in [0.717, 1.165) is 17.8 Å². The fraction of sp³-hybridized carbons (Fsp3) is 0.778. The van der Waals surface area contributed by atoms with E-state index in [1.54, 1.807) is 0 Å². The third kappa shape index (κ3) is 3.41. The molecule has 4 aliphatic carbocycles. The number of nitrogens with zero attached hydrogens (tertiary/aromatic N) is 3. The van der Waals surface area contributed by atoms with Crippen LogP contribution in [-0.2, 0) is 11.3 Å². The van der Waals surface area contributed by atoms with Crippen LogP contribution in [0, 0.1) is 23.2 Å². The van der Waals surface area contributed by atoms with Crippen LogP contribution in [0.15, 0.2) is 0 Å². The molecule has 25 heavy (non-hydrogen) atoms. The number of hydrogen-bond acceptors (Lipinski definition) is 6. The van der Waals surface area contributed by atoms with E-state index in [4.69, 9.17) is 9.47 Å². The van der Waals surface area contributed by atoms with Crippen LogP contribution in [0.1, 0.15) is 50.8 Å². The molecule has 0 atom stereocenters. The van der Waals surface area contributed by atoms with Crippen LogP contribution in [0.5, 0.6) is 12.0 Å². The van der Waals surface area contributed by atoms with Gasteiger partial charge in [-0.15, -0.1) is 4.98 Å². The summed E-state index contributed by atoms with van der Waals surface area (Å²) in [6.07, 6.45) is 8.53. The van der Waals surface area contributed by atoms with Gasteiger partial charge in [0, 0.05) is 6.42 Å². The zero-order valence-electron chi connectivity index (χ0n) is 15.0. The van der Waals surface area contributed by atoms with E-state index < -0.39 is 0 Å². The lowest BCUT2D eigenvalue weighted by molar-refractivity contribution is -0.129. The van der Waals surface area contributed by atoms with E-state index in [1.165, 1.54) is 52.7 Å². The average molecular weight is 346 g/mol. The molecule has 0 spiro atoms. The molecule has 0 radical (unpaired) electrons. The molecule has 0 unspecified atom stereocenters. The topological polar surface area (TPSA) is 86.2 Å². The molecule has 4 bridgehead atoms. The molecule has 1 aromatic rings. The number of hydrogen-bond donors (Lipinski definition) is 1. The summed E-state index contributed by atoms with van der Waals surface area (Å²) in [7, 11) is 2.98. The van der Waals surface area contributed by atoms with Gasteiger partial charge in [-0.1, -0.05) is 0 Å². The molecule has 4 aliphatic rings. The number of methoxy groups -OCH3 is 2. The summed E-state index contributed by atoms with van der Waals surface area (Å²) in [5, 5.41) is 2.97. The van der Waals surface area contributed by atoms with Crippen molar-refractivity contribution in [1.82, 2.24) is 20.3 Å². The molecule has 0 aliphatic heterocycles. The predicted octanol–water partition coefficient (Wildman–Crippen LogP) is 2.11. The van der Waals surface area contributed by atoms with Crippen molar-refractivity contribution in [2.75, 3.05) is 14.2 Å². The van der Waals surface area contributed by atoms with Crippen molar-refractivity contribution in [2.45, 2.75) is 51.5 Å². The molecule has 1 heterocycles. The highest BCUT2D eigenvalue weighted by molar-refractivity contribution is 5.76. The van der Waals surface area contributed by atoms with Crippen molar-refractivity contribution in [3.8, 4) is 12.0 Å². The van der Waals surface area contributed by atoms with Crippen molar-refractivity contribution in [3.05, 3.63) is 5.82 Å². The Kier molecular flexibility index (Phi) is 4.25. The standard InChI is InChI=1S/C18H26N4O3/c1-24-16-20-14(21-17(22-16)25-2)10-19-15(23)9-18-6-11-3-12(7-18)5-13(4-11)8-18/h11-13H,3-10H2,1-2H3,(H,19,23). The number of amides is 1. The smallest absolute Gasteiger partial charge is 0.322 e. The second kappa shape index (κ2) is 6.42. The zero-order valence-corrected chi connectivity index (χ0v) is 15.0. The fourth-order valence-corrected chi connectivity index (χ4v) is 5.73. The number of carbonyl (C=O) groups excluding carboxylic acids is 1. The highest BCUT2D eigenvalue weighted by Crippen LogP contribution is 2.61. The molecule has 136 valence electrons. The average Bonchev–Trinajstić information content (AvgIpc) is 2.58. The van der Waals surface area contributed by atoms with Gasteiger partial charge in [0.1, 0.15) is 0 Å². The molecule has 7 nitrogen and oxygen atoms in total. The highest BCUT2D eigenvalue weighted by Gasteiger charge is 2.51. The third-order valence-electron chi connectivity index (χ3n) is 6.15. The Morgan fingerprint density at radius 1 is 1.00 bits per heavy atom. The Balaban J connectivity index is 1.37. The first-order chi connectivity index (χ1) is 12.1. The summed E-state index contributed by atoms with van der Waals surface area (Å²) in [5.74, 6) is 3.12. The minimum atomic E-state index is 0.0975. The van der Waals surface area contributed by atoms with E-state index in [2.05, 4.69) is 20.3 Å². The summed E-state index contributed by atoms with van der Waals surface area (Å²) in [4.78, 5) is 24.8. The number of aromatic nitrogens is 3. The maximum atomic E-state index is 12.6. The van der Waals surface area contributed by atoms with Gasteiger partial charge >= 0.3 is 12.0 Å². The minimum Gasteiger partial charge on any atom is -0.467 e. The van der Waals surface area contributed by atoms with Gasteiger partial charge < -0.3 is 14.8 Å². The van der Waals surface area contributed by atoms with Gasteiger partial charge in [-0.3, -0.25) is 4.79 Å². The zero-order chi connectivity index (χ0) is 17.4. The van der Waals surface area contributed by atoms with Crippen LogP contribution in [0.25, 0.3) is 0 Å². The first-order valence-corrected chi connectivity index (χ1v) is 9.17. The Morgan fingerprint density at radius 3 is 2.00 bits per heavy atom. The molecule has 4 saturated carbocycles. The molecule has 7 heteroatoms. The number of carbonyl (C=O) groups is 1. The predicted molar refractivity (Wildman–Crippen MR) is 90.0 cm³/mol. The Bertz CT molecular complexity index is 606. The molecule has 4 fully saturated rings. The number of rotatable bonds is 6. The summed E-state index contributed by atoms with van der Waals surface area (Å²) < 4.78 is 10.1. The summed E-state index contributed by atoms with van der Waals surface area (Å²) >= 11 is 0. The second-order valence-electron chi connectivity index (χ2n) is 8.10. The highest BCUT2D eigenvalue weighted by atomic mass is 16.5. The molecule has 1 amide bonds. The summed E-state index contributed by atoms with van der Waals surface area (Å²) in [6.45, 7) is 0.264.